The van der Waals surface area contributed by atoms with E-state index in [9.17, 15) is 9.59 Å². The average Bonchev–Trinajstić information content (AvgIpc) is 3.09. The van der Waals surface area contributed by atoms with E-state index in [0.717, 1.165) is 11.1 Å². The highest BCUT2D eigenvalue weighted by molar-refractivity contribution is 7.14. The molecular weight excluding hydrogens is 336 g/mol. The van der Waals surface area contributed by atoms with Crippen molar-refractivity contribution in [1.82, 2.24) is 4.98 Å². The van der Waals surface area contributed by atoms with E-state index in [1.165, 1.54) is 18.3 Å². The second kappa shape index (κ2) is 7.72. The minimum Gasteiger partial charge on any atom is -0.448 e. The summed E-state index contributed by atoms with van der Waals surface area (Å²) < 4.78 is 5.72. The average molecular weight is 352 g/mol. The van der Waals surface area contributed by atoms with Gasteiger partial charge in [0.2, 0.25) is 5.91 Å². The number of benzene rings is 2. The van der Waals surface area contributed by atoms with E-state index in [2.05, 4.69) is 10.3 Å². The Morgan fingerprint density at radius 2 is 1.56 bits per heavy atom. The Balaban J connectivity index is 1.84. The third-order valence-corrected chi connectivity index (χ3v) is 4.18. The predicted molar refractivity (Wildman–Crippen MR) is 96.6 cm³/mol. The van der Waals surface area contributed by atoms with Gasteiger partial charge in [0.25, 0.3) is 0 Å². The van der Waals surface area contributed by atoms with Gasteiger partial charge in [-0.25, -0.2) is 9.78 Å². The summed E-state index contributed by atoms with van der Waals surface area (Å²) in [5.74, 6) is -0.772. The van der Waals surface area contributed by atoms with Gasteiger partial charge in [-0.15, -0.1) is 11.3 Å². The van der Waals surface area contributed by atoms with Crippen LogP contribution in [0, 0.1) is 0 Å². The summed E-state index contributed by atoms with van der Waals surface area (Å²) in [4.78, 5) is 27.7. The number of thiazole rings is 1. The molecule has 25 heavy (non-hydrogen) atoms. The molecule has 3 aromatic rings. The van der Waals surface area contributed by atoms with E-state index >= 15 is 0 Å². The second-order valence-corrected chi connectivity index (χ2v) is 6.18. The first kappa shape index (κ1) is 16.9. The molecule has 0 aliphatic rings. The molecule has 5 nitrogen and oxygen atoms in total. The van der Waals surface area contributed by atoms with Crippen molar-refractivity contribution in [3.63, 3.8) is 0 Å². The molecule has 0 saturated carbocycles. The molecule has 2 aromatic carbocycles. The normalized spacial score (nSPS) is 10.5. The number of rotatable bonds is 5. The largest absolute Gasteiger partial charge is 0.448 e. The molecule has 1 amide bonds. The van der Waals surface area contributed by atoms with E-state index < -0.39 is 12.1 Å². The van der Waals surface area contributed by atoms with Crippen molar-refractivity contribution >= 4 is 28.3 Å². The van der Waals surface area contributed by atoms with Crippen molar-refractivity contribution in [2.45, 2.75) is 13.0 Å². The first-order valence-corrected chi connectivity index (χ1v) is 8.55. The van der Waals surface area contributed by atoms with Crippen molar-refractivity contribution < 1.29 is 14.3 Å². The number of nitrogens with one attached hydrogen (secondary N) is 1. The maximum Gasteiger partial charge on any atom is 0.358 e. The zero-order valence-electron chi connectivity index (χ0n) is 13.5. The van der Waals surface area contributed by atoms with Crippen LogP contribution in [0.2, 0.25) is 0 Å². The molecule has 0 spiro atoms. The molecule has 0 unspecified atom stereocenters. The fourth-order valence-corrected chi connectivity index (χ4v) is 3.05. The minimum atomic E-state index is -0.537. The maximum atomic E-state index is 12.5. The van der Waals surface area contributed by atoms with E-state index in [1.54, 1.807) is 5.38 Å². The van der Waals surface area contributed by atoms with Crippen LogP contribution in [-0.4, -0.2) is 16.9 Å². The number of aromatic nitrogens is 1. The number of carbonyl (C=O) groups excluding carboxylic acids is 2. The van der Waals surface area contributed by atoms with Crippen LogP contribution in [0.3, 0.4) is 0 Å². The number of ether oxygens (including phenoxy) is 1. The van der Waals surface area contributed by atoms with Gasteiger partial charge in [0, 0.05) is 12.3 Å². The third-order valence-electron chi connectivity index (χ3n) is 3.43. The highest BCUT2D eigenvalue weighted by atomic mass is 32.1. The molecule has 0 bridgehead atoms. The van der Waals surface area contributed by atoms with Crippen molar-refractivity contribution in [2.24, 2.45) is 0 Å². The highest BCUT2D eigenvalue weighted by Crippen LogP contribution is 2.27. The summed E-state index contributed by atoms with van der Waals surface area (Å²) in [6.45, 7) is 1.39. The molecule has 0 fully saturated rings. The molecule has 1 aromatic heterocycles. The summed E-state index contributed by atoms with van der Waals surface area (Å²) in [5.41, 5.74) is 1.92. The Bertz CT molecular complexity index is 823. The highest BCUT2D eigenvalue weighted by Gasteiger charge is 2.21. The quantitative estimate of drug-likeness (QED) is 0.704. The number of esters is 1. The Kier molecular flexibility index (Phi) is 5.20. The molecule has 0 atom stereocenters. The second-order valence-electron chi connectivity index (χ2n) is 5.33. The van der Waals surface area contributed by atoms with E-state index in [-0.39, 0.29) is 11.6 Å². The fraction of sp³-hybridized carbons (Fsp3) is 0.105. The van der Waals surface area contributed by atoms with Crippen LogP contribution < -0.4 is 5.32 Å². The Labute approximate surface area is 149 Å². The zero-order valence-corrected chi connectivity index (χ0v) is 14.3. The van der Waals surface area contributed by atoms with Gasteiger partial charge >= 0.3 is 5.97 Å². The predicted octanol–water partition coefficient (Wildman–Crippen LogP) is 4.05. The fourth-order valence-electron chi connectivity index (χ4n) is 2.33. The summed E-state index contributed by atoms with van der Waals surface area (Å²) in [6, 6.07) is 19.1. The molecule has 0 aliphatic carbocycles. The number of nitrogens with zero attached hydrogens (tertiary/aromatic N) is 1. The number of carbonyl (C=O) groups is 2. The standard InChI is InChI=1S/C19H16N2O3S/c1-13(22)20-19-21-16(12-25-19)18(23)24-17(14-8-4-2-5-9-14)15-10-6-3-7-11-15/h2-12,17H,1H3,(H,20,21,22). The monoisotopic (exact) mass is 352 g/mol. The third kappa shape index (κ3) is 4.30. The molecule has 0 saturated heterocycles. The maximum absolute atomic E-state index is 12.5. The molecular formula is C19H16N2O3S. The van der Waals surface area contributed by atoms with Crippen molar-refractivity contribution in [1.29, 1.82) is 0 Å². The molecule has 1 heterocycles. The molecule has 1 N–H and O–H groups in total. The van der Waals surface area contributed by atoms with E-state index in [4.69, 9.17) is 4.74 Å². The first-order valence-electron chi connectivity index (χ1n) is 7.67. The van der Waals surface area contributed by atoms with Crippen LogP contribution >= 0.6 is 11.3 Å². The van der Waals surface area contributed by atoms with Crippen LogP contribution in [0.5, 0.6) is 0 Å². The van der Waals surface area contributed by atoms with Crippen molar-refractivity contribution in [3.8, 4) is 0 Å². The lowest BCUT2D eigenvalue weighted by Crippen LogP contribution is -2.13. The summed E-state index contributed by atoms with van der Waals surface area (Å²) in [7, 11) is 0. The van der Waals surface area contributed by atoms with Crippen LogP contribution in [0.4, 0.5) is 5.13 Å². The minimum absolute atomic E-state index is 0.172. The van der Waals surface area contributed by atoms with Crippen LogP contribution in [-0.2, 0) is 9.53 Å². The number of anilines is 1. The van der Waals surface area contributed by atoms with Gasteiger partial charge in [0.05, 0.1) is 0 Å². The smallest absolute Gasteiger partial charge is 0.358 e. The molecule has 0 radical (unpaired) electrons. The van der Waals surface area contributed by atoms with Crippen LogP contribution in [0.25, 0.3) is 0 Å². The Morgan fingerprint density at radius 1 is 1.00 bits per heavy atom. The van der Waals surface area contributed by atoms with E-state index in [1.807, 2.05) is 60.7 Å². The molecule has 6 heteroatoms. The van der Waals surface area contributed by atoms with Crippen molar-refractivity contribution in [3.05, 3.63) is 82.9 Å². The zero-order chi connectivity index (χ0) is 17.6. The van der Waals surface area contributed by atoms with Gasteiger partial charge in [-0.2, -0.15) is 0 Å². The first-order chi connectivity index (χ1) is 12.1. The van der Waals surface area contributed by atoms with Gasteiger partial charge < -0.3 is 10.1 Å². The molecule has 126 valence electrons. The number of hydrogen-bond donors (Lipinski definition) is 1. The van der Waals surface area contributed by atoms with E-state index in [0.29, 0.717) is 5.13 Å². The Morgan fingerprint density at radius 3 is 2.08 bits per heavy atom. The van der Waals surface area contributed by atoms with Crippen LogP contribution in [0.15, 0.2) is 66.0 Å². The van der Waals surface area contributed by atoms with Crippen molar-refractivity contribution in [2.75, 3.05) is 5.32 Å². The molecule has 0 aliphatic heterocycles. The summed E-state index contributed by atoms with van der Waals surface area (Å²) in [5, 5.41) is 4.50. The van der Waals surface area contributed by atoms with Gasteiger partial charge in [-0.1, -0.05) is 60.7 Å². The van der Waals surface area contributed by atoms with Gasteiger partial charge in [0.15, 0.2) is 16.9 Å². The molecule has 3 rings (SSSR count). The van der Waals surface area contributed by atoms with Crippen LogP contribution in [0.1, 0.15) is 34.6 Å². The van der Waals surface area contributed by atoms with Gasteiger partial charge in [0.1, 0.15) is 0 Å². The number of hydrogen-bond acceptors (Lipinski definition) is 5. The summed E-state index contributed by atoms with van der Waals surface area (Å²) in [6.07, 6.45) is -0.527. The van der Waals surface area contributed by atoms with Gasteiger partial charge in [-0.05, 0) is 11.1 Å². The lowest BCUT2D eigenvalue weighted by atomic mass is 10.0. The number of amides is 1. The van der Waals surface area contributed by atoms with Gasteiger partial charge in [-0.3, -0.25) is 4.79 Å². The lowest BCUT2D eigenvalue weighted by molar-refractivity contribution is -0.114. The SMILES string of the molecule is CC(=O)Nc1nc(C(=O)OC(c2ccccc2)c2ccccc2)cs1. The Hall–Kier alpha value is -2.99. The lowest BCUT2D eigenvalue weighted by Gasteiger charge is -2.18. The summed E-state index contributed by atoms with van der Waals surface area (Å²) >= 11 is 1.18. The topological polar surface area (TPSA) is 68.3 Å².